The first-order valence-electron chi connectivity index (χ1n) is 11.1. The average Bonchev–Trinajstić information content (AvgIpc) is 3.58. The van der Waals surface area contributed by atoms with Crippen LogP contribution in [-0.2, 0) is 6.54 Å². The summed E-state index contributed by atoms with van der Waals surface area (Å²) in [6, 6.07) is 16.8. The summed E-state index contributed by atoms with van der Waals surface area (Å²) in [5, 5.41) is 14.2. The second kappa shape index (κ2) is 12.3. The molecule has 0 aliphatic rings. The van der Waals surface area contributed by atoms with Gasteiger partial charge >= 0.3 is 0 Å². The van der Waals surface area contributed by atoms with Crippen molar-refractivity contribution in [3.05, 3.63) is 84.0 Å². The quantitative estimate of drug-likeness (QED) is 0.238. The molecule has 1 unspecified atom stereocenters. The molecule has 0 aliphatic heterocycles. The van der Waals surface area contributed by atoms with Crippen LogP contribution in [0.25, 0.3) is 22.8 Å². The van der Waals surface area contributed by atoms with E-state index in [-0.39, 0.29) is 5.25 Å². The van der Waals surface area contributed by atoms with Gasteiger partial charge in [-0.15, -0.1) is 10.2 Å². The standard InChI is InChI=1S/C20H19ClN6O2S.C5H5N/c1-4-27-18(13-8-9-22-16(11-13)28-3)24-25-20(27)30-12(2)17-23-19(29-26-17)14-6-5-7-15(21)10-14;1-2-4-6-5-3-1/h5-12H,4H2,1-3H3;1-5H. The largest absolute Gasteiger partial charge is 0.481 e. The van der Waals surface area contributed by atoms with E-state index >= 15 is 0 Å². The summed E-state index contributed by atoms with van der Waals surface area (Å²) in [5.74, 6) is 2.29. The van der Waals surface area contributed by atoms with E-state index < -0.39 is 0 Å². The van der Waals surface area contributed by atoms with Crippen molar-refractivity contribution in [2.45, 2.75) is 30.8 Å². The fourth-order valence-electron chi connectivity index (χ4n) is 3.20. The zero-order chi connectivity index (χ0) is 25.3. The molecule has 1 atom stereocenters. The molecule has 4 heterocycles. The van der Waals surface area contributed by atoms with E-state index in [4.69, 9.17) is 20.9 Å². The molecular weight excluding hydrogens is 498 g/mol. The molecular formula is C25H24ClN7O2S. The maximum atomic E-state index is 6.05. The van der Waals surface area contributed by atoms with Gasteiger partial charge < -0.3 is 13.8 Å². The van der Waals surface area contributed by atoms with Gasteiger partial charge in [0.15, 0.2) is 16.8 Å². The van der Waals surface area contributed by atoms with Crippen LogP contribution in [0.3, 0.4) is 0 Å². The molecule has 5 aromatic rings. The number of ether oxygens (including phenoxy) is 1. The Balaban J connectivity index is 0.000000445. The second-order valence-corrected chi connectivity index (χ2v) is 9.13. The van der Waals surface area contributed by atoms with E-state index in [9.17, 15) is 0 Å². The van der Waals surface area contributed by atoms with E-state index in [1.54, 1.807) is 37.8 Å². The Hall–Kier alpha value is -3.76. The minimum atomic E-state index is -0.0870. The van der Waals surface area contributed by atoms with Gasteiger partial charge in [-0.05, 0) is 50.2 Å². The highest BCUT2D eigenvalue weighted by molar-refractivity contribution is 7.99. The molecule has 11 heteroatoms. The van der Waals surface area contributed by atoms with E-state index in [2.05, 4.69) is 30.3 Å². The maximum Gasteiger partial charge on any atom is 0.258 e. The summed E-state index contributed by atoms with van der Waals surface area (Å²) >= 11 is 7.57. The van der Waals surface area contributed by atoms with E-state index in [0.717, 1.165) is 22.1 Å². The minimum absolute atomic E-state index is 0.0870. The van der Waals surface area contributed by atoms with Crippen LogP contribution in [0, 0.1) is 0 Å². The number of methoxy groups -OCH3 is 1. The zero-order valence-electron chi connectivity index (χ0n) is 19.9. The highest BCUT2D eigenvalue weighted by Crippen LogP contribution is 2.35. The zero-order valence-corrected chi connectivity index (χ0v) is 21.5. The predicted molar refractivity (Wildman–Crippen MR) is 139 cm³/mol. The number of nitrogens with zero attached hydrogens (tertiary/aromatic N) is 7. The van der Waals surface area contributed by atoms with Crippen molar-refractivity contribution in [2.75, 3.05) is 7.11 Å². The van der Waals surface area contributed by atoms with Crippen LogP contribution in [-0.4, -0.2) is 42.0 Å². The Kier molecular flexibility index (Phi) is 8.64. The van der Waals surface area contributed by atoms with Crippen LogP contribution in [0.1, 0.15) is 24.9 Å². The van der Waals surface area contributed by atoms with Crippen LogP contribution < -0.4 is 4.74 Å². The Bertz CT molecular complexity index is 1370. The van der Waals surface area contributed by atoms with E-state index in [0.29, 0.717) is 29.2 Å². The fourth-order valence-corrected chi connectivity index (χ4v) is 4.34. The van der Waals surface area contributed by atoms with Crippen LogP contribution in [0.5, 0.6) is 5.88 Å². The summed E-state index contributed by atoms with van der Waals surface area (Å²) in [4.78, 5) is 12.5. The molecule has 1 aromatic carbocycles. The van der Waals surface area contributed by atoms with Crippen molar-refractivity contribution in [1.29, 1.82) is 0 Å². The molecule has 0 amide bonds. The van der Waals surface area contributed by atoms with E-state index in [1.807, 2.05) is 60.9 Å². The van der Waals surface area contributed by atoms with Crippen molar-refractivity contribution < 1.29 is 9.26 Å². The molecule has 0 N–H and O–H groups in total. The van der Waals surface area contributed by atoms with Gasteiger partial charge in [-0.25, -0.2) is 4.98 Å². The van der Waals surface area contributed by atoms with Crippen LogP contribution in [0.2, 0.25) is 5.02 Å². The summed E-state index contributed by atoms with van der Waals surface area (Å²) in [7, 11) is 1.59. The maximum absolute atomic E-state index is 6.05. The normalized spacial score (nSPS) is 11.4. The Morgan fingerprint density at radius 1 is 1.03 bits per heavy atom. The molecule has 184 valence electrons. The Labute approximate surface area is 217 Å². The van der Waals surface area contributed by atoms with Gasteiger partial charge in [0, 0.05) is 47.4 Å². The minimum Gasteiger partial charge on any atom is -0.481 e. The topological polar surface area (TPSA) is 105 Å². The average molecular weight is 522 g/mol. The number of benzene rings is 1. The van der Waals surface area contributed by atoms with Crippen LogP contribution >= 0.6 is 23.4 Å². The lowest BCUT2D eigenvalue weighted by Gasteiger charge is -2.10. The number of pyridine rings is 2. The SMILES string of the molecule is CCn1c(SC(C)c2noc(-c3cccc(Cl)c3)n2)nnc1-c1ccnc(OC)c1.c1ccncc1. The number of hydrogen-bond acceptors (Lipinski definition) is 9. The first-order chi connectivity index (χ1) is 17.6. The first kappa shape index (κ1) is 25.3. The fraction of sp³-hybridized carbons (Fsp3) is 0.200. The van der Waals surface area contributed by atoms with Gasteiger partial charge in [0.05, 0.1) is 12.4 Å². The number of halogens is 1. The number of aromatic nitrogens is 7. The molecule has 0 fully saturated rings. The van der Waals surface area contributed by atoms with Crippen molar-refractivity contribution in [3.8, 4) is 28.7 Å². The summed E-state index contributed by atoms with van der Waals surface area (Å²) < 4.78 is 12.7. The lowest BCUT2D eigenvalue weighted by atomic mass is 10.2. The van der Waals surface area contributed by atoms with Gasteiger partial charge in [-0.3, -0.25) is 4.98 Å². The van der Waals surface area contributed by atoms with E-state index in [1.165, 1.54) is 11.8 Å². The summed E-state index contributed by atoms with van der Waals surface area (Å²) in [6.45, 7) is 4.76. The van der Waals surface area contributed by atoms with Crippen molar-refractivity contribution in [1.82, 2.24) is 34.9 Å². The highest BCUT2D eigenvalue weighted by Gasteiger charge is 2.21. The van der Waals surface area contributed by atoms with Crippen LogP contribution in [0.4, 0.5) is 0 Å². The molecule has 9 nitrogen and oxygen atoms in total. The highest BCUT2D eigenvalue weighted by atomic mass is 35.5. The molecule has 0 saturated heterocycles. The predicted octanol–water partition coefficient (Wildman–Crippen LogP) is 6.01. The smallest absolute Gasteiger partial charge is 0.258 e. The van der Waals surface area contributed by atoms with Crippen molar-refractivity contribution in [3.63, 3.8) is 0 Å². The monoisotopic (exact) mass is 521 g/mol. The Morgan fingerprint density at radius 3 is 2.53 bits per heavy atom. The van der Waals surface area contributed by atoms with Gasteiger partial charge in [0.1, 0.15) is 0 Å². The number of hydrogen-bond donors (Lipinski definition) is 0. The number of rotatable bonds is 7. The lowest BCUT2D eigenvalue weighted by Crippen LogP contribution is -2.02. The third kappa shape index (κ3) is 6.27. The van der Waals surface area contributed by atoms with Gasteiger partial charge in [0.25, 0.3) is 5.89 Å². The molecule has 0 saturated carbocycles. The molecule has 36 heavy (non-hydrogen) atoms. The lowest BCUT2D eigenvalue weighted by molar-refractivity contribution is 0.398. The molecule has 0 spiro atoms. The molecule has 0 bridgehead atoms. The van der Waals surface area contributed by atoms with Gasteiger partial charge in [0.2, 0.25) is 5.88 Å². The molecule has 0 aliphatic carbocycles. The number of thioether (sulfide) groups is 1. The van der Waals surface area contributed by atoms with Crippen LogP contribution in [0.15, 0.2) is 82.9 Å². The van der Waals surface area contributed by atoms with Gasteiger partial charge in [-0.1, -0.05) is 40.7 Å². The summed E-state index contributed by atoms with van der Waals surface area (Å²) in [5.41, 5.74) is 1.67. The van der Waals surface area contributed by atoms with Gasteiger partial charge in [-0.2, -0.15) is 4.98 Å². The second-order valence-electron chi connectivity index (χ2n) is 7.39. The molecule has 5 rings (SSSR count). The van der Waals surface area contributed by atoms with Crippen molar-refractivity contribution >= 4 is 23.4 Å². The molecule has 0 radical (unpaired) electrons. The third-order valence-electron chi connectivity index (χ3n) is 4.96. The molecule has 4 aromatic heterocycles. The Morgan fingerprint density at radius 2 is 1.86 bits per heavy atom. The summed E-state index contributed by atoms with van der Waals surface area (Å²) in [6.07, 6.45) is 5.19. The third-order valence-corrected chi connectivity index (χ3v) is 6.27. The van der Waals surface area contributed by atoms with Crippen molar-refractivity contribution in [2.24, 2.45) is 0 Å². The first-order valence-corrected chi connectivity index (χ1v) is 12.4.